The van der Waals surface area contributed by atoms with Crippen LogP contribution in [0.1, 0.15) is 11.1 Å². The molecule has 3 rings (SSSR count). The average molecular weight is 283 g/mol. The lowest BCUT2D eigenvalue weighted by atomic mass is 10.1. The molecule has 1 aliphatic heterocycles. The molecule has 2 aromatic carbocycles. The van der Waals surface area contributed by atoms with Gasteiger partial charge in [-0.2, -0.15) is 5.26 Å². The fourth-order valence-corrected chi connectivity index (χ4v) is 2.24. The number of halogens is 1. The maximum Gasteiger partial charge on any atom is 0.145 e. The maximum atomic E-state index is 8.67. The van der Waals surface area contributed by atoms with Crippen LogP contribution in [0.25, 0.3) is 0 Å². The zero-order chi connectivity index (χ0) is 13.9. The molecule has 0 amide bonds. The van der Waals surface area contributed by atoms with E-state index in [1.54, 1.807) is 12.1 Å². The molecule has 98 valence electrons. The summed E-state index contributed by atoms with van der Waals surface area (Å²) in [7, 11) is 0. The summed E-state index contributed by atoms with van der Waals surface area (Å²) in [5.74, 6) is 0.749. The summed E-state index contributed by atoms with van der Waals surface area (Å²) in [6, 6.07) is 15.3. The number of benzene rings is 2. The van der Waals surface area contributed by atoms with Crippen molar-refractivity contribution in [3.8, 4) is 11.8 Å². The van der Waals surface area contributed by atoms with E-state index in [2.05, 4.69) is 11.1 Å². The molecule has 0 bridgehead atoms. The second-order valence-corrected chi connectivity index (χ2v) is 4.93. The van der Waals surface area contributed by atoms with Crippen molar-refractivity contribution in [1.29, 1.82) is 5.26 Å². The molecule has 4 heteroatoms. The topological polar surface area (TPSA) is 45.4 Å². The number of nitrogens with zero attached hydrogens (tertiary/aromatic N) is 2. The van der Waals surface area contributed by atoms with Gasteiger partial charge in [0, 0.05) is 5.02 Å². The molecule has 0 fully saturated rings. The number of aliphatic imine (C=N–C) groups is 1. The number of ether oxygens (including phenoxy) is 1. The lowest BCUT2D eigenvalue weighted by Crippen LogP contribution is -2.16. The monoisotopic (exact) mass is 282 g/mol. The fraction of sp³-hybridized carbons (Fsp3) is 0.125. The van der Waals surface area contributed by atoms with E-state index in [-0.39, 0.29) is 0 Å². The molecule has 20 heavy (non-hydrogen) atoms. The Balaban J connectivity index is 1.93. The van der Waals surface area contributed by atoms with Gasteiger partial charge in [-0.25, -0.2) is 4.99 Å². The van der Waals surface area contributed by atoms with Crippen LogP contribution in [-0.4, -0.2) is 12.3 Å². The standard InChI is InChI=1S/C16H11ClN2O/c17-13-5-6-16-14(9-13)19-15(10-20-16)12-3-1-11(2-4-12)7-8-18/h1-6,9H,7,10H2. The predicted molar refractivity (Wildman–Crippen MR) is 78.9 cm³/mol. The molecule has 1 aliphatic rings. The Morgan fingerprint density at radius 2 is 2.00 bits per heavy atom. The number of hydrogen-bond donors (Lipinski definition) is 0. The Labute approximate surface area is 122 Å². The van der Waals surface area contributed by atoms with Crippen LogP contribution < -0.4 is 4.74 Å². The van der Waals surface area contributed by atoms with Gasteiger partial charge in [0.15, 0.2) is 0 Å². The van der Waals surface area contributed by atoms with Crippen LogP contribution in [0, 0.1) is 11.3 Å². The lowest BCUT2D eigenvalue weighted by Gasteiger charge is -2.17. The third-order valence-electron chi connectivity index (χ3n) is 3.11. The van der Waals surface area contributed by atoms with Gasteiger partial charge in [0.25, 0.3) is 0 Å². The van der Waals surface area contributed by atoms with Gasteiger partial charge in [0.05, 0.1) is 18.2 Å². The van der Waals surface area contributed by atoms with Crippen molar-refractivity contribution in [1.82, 2.24) is 0 Å². The smallest absolute Gasteiger partial charge is 0.145 e. The highest BCUT2D eigenvalue weighted by molar-refractivity contribution is 6.31. The van der Waals surface area contributed by atoms with Gasteiger partial charge in [0.2, 0.25) is 0 Å². The van der Waals surface area contributed by atoms with Crippen LogP contribution in [0.2, 0.25) is 5.02 Å². The Hall–Kier alpha value is -2.31. The summed E-state index contributed by atoms with van der Waals surface area (Å²) in [6.07, 6.45) is 0.418. The van der Waals surface area contributed by atoms with E-state index >= 15 is 0 Å². The molecular weight excluding hydrogens is 272 g/mol. The van der Waals surface area contributed by atoms with E-state index in [9.17, 15) is 0 Å². The highest BCUT2D eigenvalue weighted by Gasteiger charge is 2.14. The fourth-order valence-electron chi connectivity index (χ4n) is 2.08. The van der Waals surface area contributed by atoms with Crippen molar-refractivity contribution in [2.75, 3.05) is 6.61 Å². The Kier molecular flexibility index (Phi) is 3.41. The molecular formula is C16H11ClN2O. The highest BCUT2D eigenvalue weighted by atomic mass is 35.5. The van der Waals surface area contributed by atoms with Crippen molar-refractivity contribution >= 4 is 23.0 Å². The van der Waals surface area contributed by atoms with E-state index in [1.165, 1.54) is 0 Å². The summed E-state index contributed by atoms with van der Waals surface area (Å²) in [4.78, 5) is 4.59. The Bertz CT molecular complexity index is 714. The van der Waals surface area contributed by atoms with Gasteiger partial charge in [-0.15, -0.1) is 0 Å². The minimum absolute atomic E-state index is 0.418. The molecule has 0 N–H and O–H groups in total. The molecule has 0 aliphatic carbocycles. The third-order valence-corrected chi connectivity index (χ3v) is 3.35. The van der Waals surface area contributed by atoms with Crippen molar-refractivity contribution in [2.24, 2.45) is 4.99 Å². The van der Waals surface area contributed by atoms with Crippen LogP contribution >= 0.6 is 11.6 Å². The van der Waals surface area contributed by atoms with Crippen molar-refractivity contribution < 1.29 is 4.74 Å². The molecule has 0 aromatic heterocycles. The summed E-state index contributed by atoms with van der Waals surface area (Å²) in [6.45, 7) is 0.437. The van der Waals surface area contributed by atoms with Crippen LogP contribution in [-0.2, 0) is 6.42 Å². The van der Waals surface area contributed by atoms with Gasteiger partial charge in [-0.1, -0.05) is 35.9 Å². The summed E-state index contributed by atoms with van der Waals surface area (Å²) in [5, 5.41) is 9.31. The van der Waals surface area contributed by atoms with Gasteiger partial charge in [-0.05, 0) is 29.3 Å². The van der Waals surface area contributed by atoms with Crippen LogP contribution in [0.5, 0.6) is 5.75 Å². The molecule has 2 aromatic rings. The Morgan fingerprint density at radius 3 is 2.75 bits per heavy atom. The van der Waals surface area contributed by atoms with E-state index in [0.29, 0.717) is 18.1 Å². The minimum Gasteiger partial charge on any atom is -0.485 e. The van der Waals surface area contributed by atoms with E-state index in [1.807, 2.05) is 30.3 Å². The number of rotatable bonds is 2. The molecule has 0 spiro atoms. The van der Waals surface area contributed by atoms with Gasteiger partial charge in [-0.3, -0.25) is 0 Å². The van der Waals surface area contributed by atoms with E-state index in [0.717, 1.165) is 28.3 Å². The van der Waals surface area contributed by atoms with Crippen LogP contribution in [0.4, 0.5) is 5.69 Å². The van der Waals surface area contributed by atoms with Crippen molar-refractivity contribution in [3.63, 3.8) is 0 Å². The summed E-state index contributed by atoms with van der Waals surface area (Å²) in [5.41, 5.74) is 3.61. The molecule has 0 unspecified atom stereocenters. The minimum atomic E-state index is 0.418. The van der Waals surface area contributed by atoms with Crippen molar-refractivity contribution in [2.45, 2.75) is 6.42 Å². The van der Waals surface area contributed by atoms with Gasteiger partial charge < -0.3 is 4.74 Å². The number of hydrogen-bond acceptors (Lipinski definition) is 3. The van der Waals surface area contributed by atoms with Crippen LogP contribution in [0.3, 0.4) is 0 Å². The highest BCUT2D eigenvalue weighted by Crippen LogP contribution is 2.33. The number of fused-ring (bicyclic) bond motifs is 1. The zero-order valence-electron chi connectivity index (χ0n) is 10.6. The normalized spacial score (nSPS) is 12.9. The lowest BCUT2D eigenvalue weighted by molar-refractivity contribution is 0.373. The first-order chi connectivity index (χ1) is 9.76. The van der Waals surface area contributed by atoms with E-state index in [4.69, 9.17) is 21.6 Å². The predicted octanol–water partition coefficient (Wildman–Crippen LogP) is 3.92. The largest absolute Gasteiger partial charge is 0.485 e. The maximum absolute atomic E-state index is 8.67. The molecule has 0 saturated carbocycles. The molecule has 1 heterocycles. The van der Waals surface area contributed by atoms with Crippen LogP contribution in [0.15, 0.2) is 47.5 Å². The van der Waals surface area contributed by atoms with Crippen molar-refractivity contribution in [3.05, 3.63) is 58.6 Å². The quantitative estimate of drug-likeness (QED) is 0.838. The average Bonchev–Trinajstić information content (AvgIpc) is 2.47. The summed E-state index contributed by atoms with van der Waals surface area (Å²) < 4.78 is 5.68. The first-order valence-electron chi connectivity index (χ1n) is 6.22. The Morgan fingerprint density at radius 1 is 1.20 bits per heavy atom. The number of nitriles is 1. The summed E-state index contributed by atoms with van der Waals surface area (Å²) >= 11 is 5.97. The van der Waals surface area contributed by atoms with Gasteiger partial charge >= 0.3 is 0 Å². The second kappa shape index (κ2) is 5.36. The molecule has 0 saturated heterocycles. The SMILES string of the molecule is N#CCc1ccc(C2=Nc3cc(Cl)ccc3OC2)cc1. The first kappa shape index (κ1) is 12.7. The molecule has 0 atom stereocenters. The third kappa shape index (κ3) is 2.52. The molecule has 0 radical (unpaired) electrons. The zero-order valence-corrected chi connectivity index (χ0v) is 11.4. The van der Waals surface area contributed by atoms with Gasteiger partial charge in [0.1, 0.15) is 18.0 Å². The molecule has 3 nitrogen and oxygen atoms in total. The first-order valence-corrected chi connectivity index (χ1v) is 6.60. The van der Waals surface area contributed by atoms with E-state index < -0.39 is 0 Å². The second-order valence-electron chi connectivity index (χ2n) is 4.49.